The highest BCUT2D eigenvalue weighted by Crippen LogP contribution is 2.34. The van der Waals surface area contributed by atoms with Gasteiger partial charge in [0, 0.05) is 48.6 Å². The molecule has 7 N–H and O–H groups in total. The van der Waals surface area contributed by atoms with Crippen molar-refractivity contribution in [3.05, 3.63) is 83.7 Å². The quantitative estimate of drug-likeness (QED) is 0.148. The highest BCUT2D eigenvalue weighted by atomic mass is 32.2. The predicted octanol–water partition coefficient (Wildman–Crippen LogP) is 2.79. The normalized spacial score (nSPS) is 15.5. The second-order valence-corrected chi connectivity index (χ2v) is 12.8. The van der Waals surface area contributed by atoms with Gasteiger partial charge in [-0.1, -0.05) is 60.3 Å². The van der Waals surface area contributed by atoms with Crippen molar-refractivity contribution >= 4 is 35.3 Å². The fraction of sp³-hybridized carbons (Fsp3) is 0.364. The summed E-state index contributed by atoms with van der Waals surface area (Å²) in [6.45, 7) is 3.65. The highest BCUT2D eigenvalue weighted by Gasteiger charge is 2.33. The second-order valence-electron chi connectivity index (χ2n) is 11.6. The van der Waals surface area contributed by atoms with Gasteiger partial charge < -0.3 is 41.5 Å². The molecular formula is C33H40FN5O6S. The Hall–Kier alpha value is -4.01. The largest absolute Gasteiger partial charge is 0.395 e. The van der Waals surface area contributed by atoms with Crippen molar-refractivity contribution in [3.63, 3.8) is 0 Å². The molecule has 1 aliphatic heterocycles. The summed E-state index contributed by atoms with van der Waals surface area (Å²) in [5, 5.41) is 37.9. The third-order valence-corrected chi connectivity index (χ3v) is 8.49. The number of aliphatic hydroxyl groups excluding tert-OH is 3. The lowest BCUT2D eigenvalue weighted by Gasteiger charge is -2.29. The van der Waals surface area contributed by atoms with Crippen molar-refractivity contribution in [1.82, 2.24) is 20.9 Å². The number of fused-ring (bicyclic) bond motifs is 1. The standard InChI is InChI=1S/C33H40FN5O6S/c1-33(2,36-17-25(42)20-41)16-29(43)38-30-31(44)39(19-23-11-12-24(34)15-28(23)46-30)18-21-7-9-22(10-8-21)26-5-3-4-6-27(26)37-32(45)35-13-14-40/h3-12,15,25,30,36,40-42H,13-14,16-20H2,1-2H3,(H,38,43)(H2,35,37,45)/t25-,30+/m0/s1. The van der Waals surface area contributed by atoms with Crippen LogP contribution < -0.4 is 21.3 Å². The SMILES string of the molecule is CC(C)(CC(=O)N[C@@H]1Sc2cc(F)ccc2CN(Cc2ccc(-c3ccccc3NC(=O)NCCO)cc2)C1=O)NC[C@H](O)CO. The summed E-state index contributed by atoms with van der Waals surface area (Å²) in [6.07, 6.45) is -0.975. The van der Waals surface area contributed by atoms with Crippen molar-refractivity contribution in [1.29, 1.82) is 0 Å². The molecule has 13 heteroatoms. The van der Waals surface area contributed by atoms with Crippen molar-refractivity contribution in [2.75, 3.05) is 31.6 Å². The molecule has 1 aliphatic rings. The van der Waals surface area contributed by atoms with Crippen LogP contribution in [0.3, 0.4) is 0 Å². The van der Waals surface area contributed by atoms with E-state index in [4.69, 9.17) is 10.2 Å². The lowest BCUT2D eigenvalue weighted by molar-refractivity contribution is -0.135. The summed E-state index contributed by atoms with van der Waals surface area (Å²) in [6, 6.07) is 18.8. The monoisotopic (exact) mass is 653 g/mol. The second kappa shape index (κ2) is 16.0. The van der Waals surface area contributed by atoms with Gasteiger partial charge in [-0.05, 0) is 48.7 Å². The van der Waals surface area contributed by atoms with E-state index in [0.29, 0.717) is 10.6 Å². The van der Waals surface area contributed by atoms with E-state index in [1.54, 1.807) is 36.9 Å². The smallest absolute Gasteiger partial charge is 0.319 e. The Morgan fingerprint density at radius 1 is 1.09 bits per heavy atom. The van der Waals surface area contributed by atoms with E-state index in [2.05, 4.69) is 21.3 Å². The molecule has 3 aromatic rings. The number of rotatable bonds is 13. The minimum absolute atomic E-state index is 0.00756. The number of β-amino-alcohol motifs (C(OH)–C–C–N with tert-alkyl or cyclic N) is 1. The Morgan fingerprint density at radius 2 is 1.83 bits per heavy atom. The molecule has 3 aromatic carbocycles. The average Bonchev–Trinajstić information content (AvgIpc) is 3.14. The van der Waals surface area contributed by atoms with Crippen LogP contribution in [0.2, 0.25) is 0 Å². The average molecular weight is 654 g/mol. The topological polar surface area (TPSA) is 163 Å². The molecule has 0 unspecified atom stereocenters. The molecule has 0 spiro atoms. The lowest BCUT2D eigenvalue weighted by Crippen LogP contribution is -2.50. The minimum atomic E-state index is -0.997. The van der Waals surface area contributed by atoms with Crippen LogP contribution in [0, 0.1) is 5.82 Å². The van der Waals surface area contributed by atoms with Gasteiger partial charge >= 0.3 is 6.03 Å². The first-order valence-corrected chi connectivity index (χ1v) is 15.8. The molecule has 4 amide bonds. The van der Waals surface area contributed by atoms with E-state index in [1.807, 2.05) is 36.4 Å². The van der Waals surface area contributed by atoms with Crippen molar-refractivity contribution < 1.29 is 34.1 Å². The summed E-state index contributed by atoms with van der Waals surface area (Å²) < 4.78 is 14.2. The summed E-state index contributed by atoms with van der Waals surface area (Å²) in [4.78, 5) is 41.3. The first-order valence-electron chi connectivity index (χ1n) is 14.9. The number of anilines is 1. The lowest BCUT2D eigenvalue weighted by atomic mass is 10.00. The number of carbonyl (C=O) groups is 3. The number of aliphatic hydroxyl groups is 3. The fourth-order valence-electron chi connectivity index (χ4n) is 4.93. The summed E-state index contributed by atoms with van der Waals surface area (Å²) in [5.41, 5.74) is 3.08. The number of carbonyl (C=O) groups excluding carboxylic acids is 3. The molecule has 0 radical (unpaired) electrons. The zero-order valence-electron chi connectivity index (χ0n) is 25.8. The van der Waals surface area contributed by atoms with Gasteiger partial charge in [0.05, 0.1) is 25.0 Å². The van der Waals surface area contributed by atoms with Crippen LogP contribution in [0.5, 0.6) is 0 Å². The van der Waals surface area contributed by atoms with Gasteiger partial charge in [0.15, 0.2) is 5.37 Å². The summed E-state index contributed by atoms with van der Waals surface area (Å²) in [7, 11) is 0. The molecule has 0 saturated carbocycles. The summed E-state index contributed by atoms with van der Waals surface area (Å²) >= 11 is 1.09. The zero-order chi connectivity index (χ0) is 33.3. The number of thioether (sulfide) groups is 1. The van der Waals surface area contributed by atoms with E-state index in [1.165, 1.54) is 12.1 Å². The number of halogens is 1. The van der Waals surface area contributed by atoms with Crippen LogP contribution in [-0.4, -0.2) is 81.4 Å². The van der Waals surface area contributed by atoms with Gasteiger partial charge in [-0.3, -0.25) is 9.59 Å². The Kier molecular flexibility index (Phi) is 12.1. The Morgan fingerprint density at radius 3 is 2.54 bits per heavy atom. The van der Waals surface area contributed by atoms with Crippen LogP contribution in [0.25, 0.3) is 11.1 Å². The van der Waals surface area contributed by atoms with Gasteiger partial charge in [0.2, 0.25) is 5.91 Å². The maximum absolute atomic E-state index is 14.2. The van der Waals surface area contributed by atoms with Crippen molar-refractivity contribution in [3.8, 4) is 11.1 Å². The predicted molar refractivity (Wildman–Crippen MR) is 174 cm³/mol. The van der Waals surface area contributed by atoms with E-state index < -0.39 is 41.4 Å². The summed E-state index contributed by atoms with van der Waals surface area (Å²) in [5.74, 6) is -1.17. The van der Waals surface area contributed by atoms with Crippen LogP contribution in [0.4, 0.5) is 14.9 Å². The van der Waals surface area contributed by atoms with Gasteiger partial charge in [0.1, 0.15) is 5.82 Å². The molecule has 0 aliphatic carbocycles. The number of urea groups is 1. The van der Waals surface area contributed by atoms with Gasteiger partial charge in [-0.15, -0.1) is 0 Å². The molecule has 2 atom stereocenters. The van der Waals surface area contributed by atoms with Crippen LogP contribution in [-0.2, 0) is 22.7 Å². The Balaban J connectivity index is 1.50. The molecule has 4 rings (SSSR count). The Labute approximate surface area is 271 Å². The van der Waals surface area contributed by atoms with E-state index in [-0.39, 0.29) is 45.1 Å². The highest BCUT2D eigenvalue weighted by molar-refractivity contribution is 8.00. The molecule has 246 valence electrons. The van der Waals surface area contributed by atoms with Crippen molar-refractivity contribution in [2.45, 2.75) is 55.3 Å². The third-order valence-electron chi connectivity index (χ3n) is 7.30. The number of hydrogen-bond donors (Lipinski definition) is 7. The number of nitrogens with zero attached hydrogens (tertiary/aromatic N) is 1. The number of nitrogens with one attached hydrogen (secondary N) is 4. The number of para-hydroxylation sites is 1. The van der Waals surface area contributed by atoms with E-state index in [9.17, 15) is 23.9 Å². The molecule has 0 saturated heterocycles. The zero-order valence-corrected chi connectivity index (χ0v) is 26.6. The molecule has 0 bridgehead atoms. The van der Waals surface area contributed by atoms with Gasteiger partial charge in [-0.2, -0.15) is 0 Å². The molecule has 0 fully saturated rings. The first-order chi connectivity index (χ1) is 22.0. The van der Waals surface area contributed by atoms with Crippen LogP contribution in [0.15, 0.2) is 71.6 Å². The third kappa shape index (κ3) is 9.74. The van der Waals surface area contributed by atoms with Crippen LogP contribution >= 0.6 is 11.8 Å². The maximum Gasteiger partial charge on any atom is 0.319 e. The molecular weight excluding hydrogens is 613 g/mol. The van der Waals surface area contributed by atoms with Crippen molar-refractivity contribution in [2.24, 2.45) is 0 Å². The first kappa shape index (κ1) is 34.9. The number of amides is 4. The molecule has 0 aromatic heterocycles. The van der Waals surface area contributed by atoms with Gasteiger partial charge in [0.25, 0.3) is 5.91 Å². The molecule has 11 nitrogen and oxygen atoms in total. The molecule has 1 heterocycles. The van der Waals surface area contributed by atoms with E-state index in [0.717, 1.165) is 34.0 Å². The number of benzene rings is 3. The van der Waals surface area contributed by atoms with Crippen LogP contribution in [0.1, 0.15) is 31.4 Å². The molecule has 46 heavy (non-hydrogen) atoms. The van der Waals surface area contributed by atoms with Gasteiger partial charge in [-0.25, -0.2) is 9.18 Å². The van der Waals surface area contributed by atoms with E-state index >= 15 is 0 Å². The number of hydrogen-bond acceptors (Lipinski definition) is 8. The fourth-order valence-corrected chi connectivity index (χ4v) is 6.09. The Bertz CT molecular complexity index is 1520. The maximum atomic E-state index is 14.2. The minimum Gasteiger partial charge on any atom is -0.395 e.